The molecule has 1 saturated heterocycles. The first-order chi connectivity index (χ1) is 27.9. The lowest BCUT2D eigenvalue weighted by atomic mass is 10.0. The molecular weight excluding hydrogens is 767 g/mol. The summed E-state index contributed by atoms with van der Waals surface area (Å²) in [5.74, 6) is -4.29. The molecule has 18 nitrogen and oxygen atoms in total. The summed E-state index contributed by atoms with van der Waals surface area (Å²) in [7, 11) is 0. The number of aromatic nitrogens is 3. The molecule has 5 rings (SSSR count). The fourth-order valence-electron chi connectivity index (χ4n) is 6.74. The summed E-state index contributed by atoms with van der Waals surface area (Å²) in [6.07, 6.45) is 5.51. The molecule has 308 valence electrons. The number of carboxylic acids is 1. The van der Waals surface area contributed by atoms with Crippen LogP contribution in [0.15, 0.2) is 78.3 Å². The van der Waals surface area contributed by atoms with Crippen LogP contribution < -0.4 is 32.7 Å². The molecule has 1 fully saturated rings. The van der Waals surface area contributed by atoms with Crippen molar-refractivity contribution in [3.05, 3.63) is 90.1 Å². The minimum absolute atomic E-state index is 0.0162. The Balaban J connectivity index is 1.36. The number of nitrogens with one attached hydrogen (secondary N) is 6. The van der Waals surface area contributed by atoms with E-state index in [0.29, 0.717) is 12.1 Å². The van der Waals surface area contributed by atoms with Crippen molar-refractivity contribution in [2.24, 2.45) is 16.5 Å². The molecule has 2 aromatic carbocycles. The van der Waals surface area contributed by atoms with E-state index in [4.69, 9.17) is 11.5 Å². The molecule has 5 atom stereocenters. The number of carboxylic acid groups (broad SMARTS) is 1. The van der Waals surface area contributed by atoms with Gasteiger partial charge in [0.25, 0.3) is 0 Å². The molecule has 0 unspecified atom stereocenters. The maximum atomic E-state index is 14.1. The molecule has 0 radical (unpaired) electrons. The molecular formula is C39H49N11O7S. The lowest BCUT2D eigenvalue weighted by Crippen LogP contribution is -2.60. The van der Waals surface area contributed by atoms with Crippen molar-refractivity contribution in [2.75, 3.05) is 24.6 Å². The standard InChI is InChI=1S/C39H49N11O7S/c1-23(51)46-31(16-27-18-42-22-45-27)36(54)48-30(14-24-8-3-2-4-9-24)35(53)49-32-20-58-21-34(52)50(19-26(47-37(32)55)10-7-13-43-39(40)41)33(38(56)57)15-25-17-44-29-12-6-5-11-28(25)29/h2-6,8-9,11-12,17-18,22,26,30-33,44H,7,10,13-16,19-21H2,1H3,(H,42,45)(H,46,51)(H,47,55)(H,48,54)(H,49,53)(H,56,57)(H4,40,41,43)/t26-,30-,31+,32+,33+/m1/s1. The molecule has 19 heteroatoms. The van der Waals surface area contributed by atoms with Crippen LogP contribution in [0.2, 0.25) is 0 Å². The van der Waals surface area contributed by atoms with Gasteiger partial charge in [-0.1, -0.05) is 48.5 Å². The zero-order valence-corrected chi connectivity index (χ0v) is 32.8. The highest BCUT2D eigenvalue weighted by Gasteiger charge is 2.36. The number of nitrogens with two attached hydrogens (primary N) is 2. The lowest BCUT2D eigenvalue weighted by molar-refractivity contribution is -0.149. The summed E-state index contributed by atoms with van der Waals surface area (Å²) in [6, 6.07) is 11.1. The fraction of sp³-hybridized carbons (Fsp3) is 0.385. The quantitative estimate of drug-likeness (QED) is 0.0387. The van der Waals surface area contributed by atoms with E-state index >= 15 is 0 Å². The summed E-state index contributed by atoms with van der Waals surface area (Å²) >= 11 is 1.07. The lowest BCUT2D eigenvalue weighted by Gasteiger charge is -2.35. The van der Waals surface area contributed by atoms with E-state index in [1.165, 1.54) is 24.3 Å². The number of imidazole rings is 1. The first-order valence-corrected chi connectivity index (χ1v) is 19.9. The molecule has 0 spiro atoms. The van der Waals surface area contributed by atoms with E-state index in [1.54, 1.807) is 30.5 Å². The molecule has 58 heavy (non-hydrogen) atoms. The minimum atomic E-state index is -1.25. The zero-order valence-electron chi connectivity index (χ0n) is 32.0. The van der Waals surface area contributed by atoms with E-state index < -0.39 is 65.7 Å². The van der Waals surface area contributed by atoms with Crippen LogP contribution in [0.4, 0.5) is 0 Å². The number of aromatic amines is 2. The van der Waals surface area contributed by atoms with E-state index in [9.17, 15) is 33.9 Å². The minimum Gasteiger partial charge on any atom is -0.480 e. The number of fused-ring (bicyclic) bond motifs is 1. The second kappa shape index (κ2) is 20.7. The van der Waals surface area contributed by atoms with Crippen molar-refractivity contribution < 1.29 is 33.9 Å². The number of amides is 5. The number of hydrogen-bond donors (Lipinski definition) is 9. The van der Waals surface area contributed by atoms with Gasteiger partial charge in [-0.2, -0.15) is 0 Å². The average molecular weight is 816 g/mol. The third-order valence-corrected chi connectivity index (χ3v) is 10.6. The highest BCUT2D eigenvalue weighted by Crippen LogP contribution is 2.23. The van der Waals surface area contributed by atoms with Gasteiger partial charge in [0.1, 0.15) is 24.2 Å². The van der Waals surface area contributed by atoms with Crippen LogP contribution in [0, 0.1) is 0 Å². The molecule has 1 aliphatic heterocycles. The Morgan fingerprint density at radius 1 is 0.983 bits per heavy atom. The van der Waals surface area contributed by atoms with Crippen molar-refractivity contribution in [3.8, 4) is 0 Å². The highest BCUT2D eigenvalue weighted by atomic mass is 32.2. The molecule has 4 aromatic rings. The van der Waals surface area contributed by atoms with Gasteiger partial charge in [-0.05, 0) is 30.0 Å². The molecule has 2 aromatic heterocycles. The number of carbonyl (C=O) groups excluding carboxylic acids is 5. The van der Waals surface area contributed by atoms with Crippen LogP contribution >= 0.6 is 11.8 Å². The number of nitrogens with zero attached hydrogens (tertiary/aromatic N) is 3. The summed E-state index contributed by atoms with van der Waals surface area (Å²) in [6.45, 7) is 1.36. The number of hydrogen-bond acceptors (Lipinski definition) is 9. The molecule has 0 bridgehead atoms. The first-order valence-electron chi connectivity index (χ1n) is 18.8. The third-order valence-electron chi connectivity index (χ3n) is 9.57. The van der Waals surface area contributed by atoms with Gasteiger partial charge in [0.05, 0.1) is 12.1 Å². The van der Waals surface area contributed by atoms with Gasteiger partial charge in [-0.3, -0.25) is 29.0 Å². The van der Waals surface area contributed by atoms with Crippen molar-refractivity contribution in [3.63, 3.8) is 0 Å². The summed E-state index contributed by atoms with van der Waals surface area (Å²) in [5.41, 5.74) is 13.9. The Labute approximate surface area is 338 Å². The van der Waals surface area contributed by atoms with Crippen molar-refractivity contribution in [2.45, 2.75) is 69.2 Å². The van der Waals surface area contributed by atoms with E-state index in [-0.39, 0.29) is 56.2 Å². The Hall–Kier alpha value is -6.37. The van der Waals surface area contributed by atoms with Crippen molar-refractivity contribution >= 4 is 64.1 Å². The van der Waals surface area contributed by atoms with Crippen molar-refractivity contribution in [1.29, 1.82) is 0 Å². The topological polar surface area (TPSA) is 283 Å². The average Bonchev–Trinajstić information content (AvgIpc) is 3.86. The largest absolute Gasteiger partial charge is 0.480 e. The summed E-state index contributed by atoms with van der Waals surface area (Å²) < 4.78 is 0. The Bertz CT molecular complexity index is 2070. The number of H-pyrrole nitrogens is 2. The van der Waals surface area contributed by atoms with Gasteiger partial charge in [0.2, 0.25) is 29.5 Å². The van der Waals surface area contributed by atoms with Crippen LogP contribution in [0.1, 0.15) is 36.6 Å². The van der Waals surface area contributed by atoms with Crippen molar-refractivity contribution in [1.82, 2.24) is 41.1 Å². The van der Waals surface area contributed by atoms with Gasteiger partial charge in [0, 0.05) is 80.1 Å². The van der Waals surface area contributed by atoms with Gasteiger partial charge in [-0.25, -0.2) is 9.78 Å². The Morgan fingerprint density at radius 3 is 2.43 bits per heavy atom. The van der Waals surface area contributed by atoms with Gasteiger partial charge >= 0.3 is 5.97 Å². The maximum Gasteiger partial charge on any atom is 0.326 e. The molecule has 0 saturated carbocycles. The van der Waals surface area contributed by atoms with Gasteiger partial charge in [-0.15, -0.1) is 11.8 Å². The SMILES string of the molecule is CC(=O)N[C@@H](Cc1cnc[nH]1)C(=O)N[C@H](Cc1ccccc1)C(=O)N[C@H]1CSCC(=O)N([C@@H](Cc2c[nH]c3ccccc23)C(=O)O)C[C@@H](CCCN=C(N)N)NC1=O. The van der Waals surface area contributed by atoms with E-state index in [1.807, 2.05) is 30.3 Å². The zero-order chi connectivity index (χ0) is 41.6. The number of thioether (sulfide) groups is 1. The van der Waals surface area contributed by atoms with Gasteiger partial charge in [0.15, 0.2) is 5.96 Å². The third kappa shape index (κ3) is 12.3. The Kier molecular flexibility index (Phi) is 15.3. The first kappa shape index (κ1) is 42.8. The number of guanidine groups is 1. The number of aliphatic carboxylic acids is 1. The smallest absolute Gasteiger partial charge is 0.326 e. The Morgan fingerprint density at radius 2 is 1.72 bits per heavy atom. The maximum absolute atomic E-state index is 14.1. The van der Waals surface area contributed by atoms with Crippen LogP contribution in [-0.2, 0) is 48.0 Å². The van der Waals surface area contributed by atoms with E-state index in [0.717, 1.165) is 33.8 Å². The number of aliphatic imine (C=N–C) groups is 1. The molecule has 1 aliphatic rings. The predicted octanol–water partition coefficient (Wildman–Crippen LogP) is -0.0398. The second-order valence-corrected chi connectivity index (χ2v) is 15.0. The highest BCUT2D eigenvalue weighted by molar-refractivity contribution is 8.00. The predicted molar refractivity (Wildman–Crippen MR) is 218 cm³/mol. The van der Waals surface area contributed by atoms with Gasteiger partial charge < -0.3 is 52.7 Å². The number of benzene rings is 2. The number of para-hydroxylation sites is 1. The molecule has 5 amide bonds. The molecule has 11 N–H and O–H groups in total. The van der Waals surface area contributed by atoms with Crippen LogP contribution in [0.25, 0.3) is 10.9 Å². The summed E-state index contributed by atoms with van der Waals surface area (Å²) in [5, 5.41) is 22.4. The van der Waals surface area contributed by atoms with Crippen LogP contribution in [0.5, 0.6) is 0 Å². The monoisotopic (exact) mass is 815 g/mol. The van der Waals surface area contributed by atoms with Crippen LogP contribution in [-0.4, -0.2) is 121 Å². The molecule has 3 heterocycles. The normalized spacial score (nSPS) is 17.6. The number of rotatable bonds is 17. The van der Waals surface area contributed by atoms with E-state index in [2.05, 4.69) is 41.2 Å². The molecule has 0 aliphatic carbocycles. The second-order valence-electron chi connectivity index (χ2n) is 14.0. The van der Waals surface area contributed by atoms with Crippen LogP contribution in [0.3, 0.4) is 0 Å². The number of carbonyl (C=O) groups is 6. The summed E-state index contributed by atoms with van der Waals surface area (Å²) in [4.78, 5) is 96.0. The fourth-order valence-corrected chi connectivity index (χ4v) is 7.67.